The first-order valence-corrected chi connectivity index (χ1v) is 9.82. The average Bonchev–Trinajstić information content (AvgIpc) is 2.54. The van der Waals surface area contributed by atoms with Crippen LogP contribution in [0.25, 0.3) is 0 Å². The first kappa shape index (κ1) is 20.9. The van der Waals surface area contributed by atoms with E-state index in [-0.39, 0.29) is 6.42 Å². The van der Waals surface area contributed by atoms with Gasteiger partial charge in [0.25, 0.3) is 0 Å². The zero-order valence-electron chi connectivity index (χ0n) is 17.0. The summed E-state index contributed by atoms with van der Waals surface area (Å²) in [6.07, 6.45) is -0.756. The monoisotopic (exact) mass is 382 g/mol. The van der Waals surface area contributed by atoms with E-state index < -0.39 is 57.6 Å². The summed E-state index contributed by atoms with van der Waals surface area (Å²) >= 11 is 0. The average molecular weight is 382 g/mol. The van der Waals surface area contributed by atoms with Crippen LogP contribution in [0.5, 0.6) is 0 Å². The standard InChI is InChI=1S/C21H34O6/c1-7-9-18(4)11-13(23)21(26)19(5)12(22)8-10-17(2,3)15(19)14(24)16(25)20(21,6)27-18/h7,12,14-16,22,24-26H,1,8-11H2,2-6H3/t12-,14?,15?,16?,18?,19?,20?,21-/m0/s1. The second kappa shape index (κ2) is 5.86. The van der Waals surface area contributed by atoms with Crippen molar-refractivity contribution in [3.05, 3.63) is 12.7 Å². The van der Waals surface area contributed by atoms with Crippen molar-refractivity contribution in [3.8, 4) is 0 Å². The largest absolute Gasteiger partial charge is 0.392 e. The summed E-state index contributed by atoms with van der Waals surface area (Å²) in [5, 5.41) is 45.1. The lowest BCUT2D eigenvalue weighted by atomic mass is 9.40. The van der Waals surface area contributed by atoms with Crippen LogP contribution in [0.4, 0.5) is 0 Å². The number of Topliss-reactive ketones (excluding diaryl/α,β-unsaturated/α-hetero) is 1. The third-order valence-corrected chi connectivity index (χ3v) is 7.94. The van der Waals surface area contributed by atoms with Gasteiger partial charge in [-0.2, -0.15) is 0 Å². The van der Waals surface area contributed by atoms with Gasteiger partial charge in [-0.3, -0.25) is 4.79 Å². The second-order valence-corrected chi connectivity index (χ2v) is 10.2. The van der Waals surface area contributed by atoms with E-state index in [9.17, 15) is 25.2 Å². The quantitative estimate of drug-likeness (QED) is 0.537. The van der Waals surface area contributed by atoms with E-state index in [1.165, 1.54) is 6.92 Å². The molecular weight excluding hydrogens is 348 g/mol. The molecule has 27 heavy (non-hydrogen) atoms. The van der Waals surface area contributed by atoms with Gasteiger partial charge in [0.1, 0.15) is 11.7 Å². The summed E-state index contributed by atoms with van der Waals surface area (Å²) < 4.78 is 6.23. The fourth-order valence-electron chi connectivity index (χ4n) is 6.67. The molecule has 3 rings (SSSR count). The second-order valence-electron chi connectivity index (χ2n) is 10.2. The van der Waals surface area contributed by atoms with Crippen LogP contribution in [0.2, 0.25) is 0 Å². The molecule has 2 saturated carbocycles. The Morgan fingerprint density at radius 1 is 1.19 bits per heavy atom. The van der Waals surface area contributed by atoms with Gasteiger partial charge in [0.15, 0.2) is 11.4 Å². The molecule has 0 bridgehead atoms. The summed E-state index contributed by atoms with van der Waals surface area (Å²) in [7, 11) is 0. The third-order valence-electron chi connectivity index (χ3n) is 7.94. The van der Waals surface area contributed by atoms with Gasteiger partial charge in [0.05, 0.1) is 17.8 Å². The van der Waals surface area contributed by atoms with Crippen molar-refractivity contribution in [2.24, 2.45) is 16.7 Å². The molecule has 6 heteroatoms. The zero-order valence-corrected chi connectivity index (χ0v) is 17.0. The van der Waals surface area contributed by atoms with Crippen molar-refractivity contribution in [1.29, 1.82) is 0 Å². The highest BCUT2D eigenvalue weighted by Gasteiger charge is 2.80. The molecule has 0 amide bonds. The Bertz CT molecular complexity index is 661. The van der Waals surface area contributed by atoms with E-state index in [1.807, 2.05) is 13.8 Å². The van der Waals surface area contributed by atoms with Gasteiger partial charge in [-0.15, -0.1) is 6.58 Å². The minimum absolute atomic E-state index is 0.0522. The number of fused-ring (bicyclic) bond motifs is 3. The van der Waals surface area contributed by atoms with Crippen LogP contribution in [0, 0.1) is 16.7 Å². The Morgan fingerprint density at radius 2 is 1.78 bits per heavy atom. The number of hydrogen-bond donors (Lipinski definition) is 4. The lowest BCUT2D eigenvalue weighted by Gasteiger charge is -2.71. The molecule has 6 nitrogen and oxygen atoms in total. The van der Waals surface area contributed by atoms with E-state index in [4.69, 9.17) is 4.74 Å². The van der Waals surface area contributed by atoms with Gasteiger partial charge in [-0.25, -0.2) is 0 Å². The van der Waals surface area contributed by atoms with Gasteiger partial charge >= 0.3 is 0 Å². The molecule has 4 N–H and O–H groups in total. The van der Waals surface area contributed by atoms with E-state index >= 15 is 0 Å². The Morgan fingerprint density at radius 3 is 2.33 bits per heavy atom. The minimum Gasteiger partial charge on any atom is -0.392 e. The lowest BCUT2D eigenvalue weighted by molar-refractivity contribution is -0.374. The number of ether oxygens (including phenoxy) is 1. The molecule has 6 unspecified atom stereocenters. The van der Waals surface area contributed by atoms with Gasteiger partial charge in [0, 0.05) is 17.8 Å². The lowest BCUT2D eigenvalue weighted by Crippen LogP contribution is -2.86. The normalized spacial score (nSPS) is 54.8. The molecule has 1 aliphatic heterocycles. The third kappa shape index (κ3) is 2.34. The molecular formula is C21H34O6. The first-order chi connectivity index (χ1) is 12.2. The number of carbonyl (C=O) groups is 1. The number of aliphatic hydroxyl groups excluding tert-OH is 3. The van der Waals surface area contributed by atoms with E-state index in [0.29, 0.717) is 19.3 Å². The molecule has 0 aromatic heterocycles. The van der Waals surface area contributed by atoms with E-state index in [2.05, 4.69) is 6.58 Å². The summed E-state index contributed by atoms with van der Waals surface area (Å²) in [5.41, 5.74) is -6.65. The smallest absolute Gasteiger partial charge is 0.170 e. The van der Waals surface area contributed by atoms with E-state index in [0.717, 1.165) is 0 Å². The van der Waals surface area contributed by atoms with Gasteiger partial charge in [0.2, 0.25) is 0 Å². The molecule has 0 aromatic rings. The highest BCUT2D eigenvalue weighted by molar-refractivity contribution is 5.92. The first-order valence-electron chi connectivity index (χ1n) is 9.82. The van der Waals surface area contributed by atoms with Crippen LogP contribution in [0.3, 0.4) is 0 Å². The predicted molar refractivity (Wildman–Crippen MR) is 99.9 cm³/mol. The van der Waals surface area contributed by atoms with Crippen molar-refractivity contribution in [1.82, 2.24) is 0 Å². The molecule has 3 fully saturated rings. The van der Waals surface area contributed by atoms with Gasteiger partial charge in [-0.1, -0.05) is 26.8 Å². The van der Waals surface area contributed by atoms with Crippen LogP contribution >= 0.6 is 0 Å². The van der Waals surface area contributed by atoms with Gasteiger partial charge < -0.3 is 25.2 Å². The van der Waals surface area contributed by atoms with Gasteiger partial charge in [-0.05, 0) is 38.5 Å². The van der Waals surface area contributed by atoms with Crippen molar-refractivity contribution >= 4 is 5.78 Å². The fraction of sp³-hybridized carbons (Fsp3) is 0.857. The minimum atomic E-state index is -2.12. The molecule has 3 aliphatic rings. The number of ketones is 1. The Hall–Kier alpha value is -0.790. The van der Waals surface area contributed by atoms with Crippen molar-refractivity contribution in [2.75, 3.05) is 0 Å². The Kier molecular flexibility index (Phi) is 4.54. The maximum Gasteiger partial charge on any atom is 0.170 e. The molecule has 0 aromatic carbocycles. The van der Waals surface area contributed by atoms with Crippen LogP contribution in [-0.2, 0) is 9.53 Å². The number of aliphatic hydroxyl groups is 4. The molecule has 0 radical (unpaired) electrons. The number of rotatable bonds is 2. The van der Waals surface area contributed by atoms with Crippen LogP contribution in [-0.4, -0.2) is 61.3 Å². The molecule has 1 saturated heterocycles. The predicted octanol–water partition coefficient (Wildman–Crippen LogP) is 1.34. The zero-order chi connectivity index (χ0) is 20.6. The van der Waals surface area contributed by atoms with Crippen LogP contribution in [0.15, 0.2) is 12.7 Å². The Labute approximate surface area is 161 Å². The molecule has 2 aliphatic carbocycles. The fourth-order valence-corrected chi connectivity index (χ4v) is 6.67. The summed E-state index contributed by atoms with van der Waals surface area (Å²) in [6.45, 7) is 12.5. The molecule has 154 valence electrons. The summed E-state index contributed by atoms with van der Waals surface area (Å²) in [4.78, 5) is 13.4. The summed E-state index contributed by atoms with van der Waals surface area (Å²) in [6, 6.07) is 0. The van der Waals surface area contributed by atoms with Crippen LogP contribution < -0.4 is 0 Å². The molecule has 1 heterocycles. The van der Waals surface area contributed by atoms with Crippen LogP contribution in [0.1, 0.15) is 60.3 Å². The van der Waals surface area contributed by atoms with Crippen molar-refractivity contribution in [2.45, 2.75) is 95.4 Å². The Balaban J connectivity index is 2.25. The summed E-state index contributed by atoms with van der Waals surface area (Å²) in [5.74, 6) is -1.13. The SMILES string of the molecule is C=CCC1(C)CC(=O)[C@@]2(O)C(C)(O1)C(O)C(O)C1C(C)(C)CC[C@H](O)C12C. The van der Waals surface area contributed by atoms with Crippen molar-refractivity contribution < 1.29 is 30.0 Å². The maximum atomic E-state index is 13.4. The van der Waals surface area contributed by atoms with E-state index in [1.54, 1.807) is 19.9 Å². The number of hydrogen-bond acceptors (Lipinski definition) is 6. The molecule has 8 atom stereocenters. The van der Waals surface area contributed by atoms with Crippen molar-refractivity contribution in [3.63, 3.8) is 0 Å². The maximum absolute atomic E-state index is 13.4. The highest BCUT2D eigenvalue weighted by Crippen LogP contribution is 2.66. The number of carbonyl (C=O) groups excluding carboxylic acids is 1. The topological polar surface area (TPSA) is 107 Å². The molecule has 0 spiro atoms. The highest BCUT2D eigenvalue weighted by atomic mass is 16.6.